The van der Waals surface area contributed by atoms with Crippen molar-refractivity contribution in [2.24, 2.45) is 5.73 Å². The highest BCUT2D eigenvalue weighted by Crippen LogP contribution is 2.33. The number of hydrogen-bond donors (Lipinski definition) is 2. The number of nitrogens with one attached hydrogen (secondary N) is 1. The van der Waals surface area contributed by atoms with E-state index in [1.54, 1.807) is 0 Å². The van der Waals surface area contributed by atoms with Crippen molar-refractivity contribution in [3.63, 3.8) is 0 Å². The largest absolute Gasteiger partial charge is 0.319 e. The summed E-state index contributed by atoms with van der Waals surface area (Å²) in [6.45, 7) is 8.16. The first-order chi connectivity index (χ1) is 7.33. The van der Waals surface area contributed by atoms with E-state index in [-0.39, 0.29) is 23.4 Å². The molecule has 0 bridgehead atoms. The van der Waals surface area contributed by atoms with Crippen LogP contribution in [0, 0.1) is 0 Å². The number of hydrogen-bond acceptors (Lipinski definition) is 2. The summed E-state index contributed by atoms with van der Waals surface area (Å²) < 4.78 is 0. The Morgan fingerprint density at radius 3 is 2.24 bits per heavy atom. The molecule has 1 aliphatic heterocycles. The summed E-state index contributed by atoms with van der Waals surface area (Å²) >= 11 is 6.32. The molecular formula is C13H20Cl2N2. The fourth-order valence-electron chi connectivity index (χ4n) is 1.97. The Hall–Kier alpha value is -0.280. The minimum absolute atomic E-state index is 0. The average Bonchev–Trinajstić information content (AvgIpc) is 2.12. The lowest BCUT2D eigenvalue weighted by atomic mass is 9.81. The third-order valence-electron chi connectivity index (χ3n) is 3.25. The van der Waals surface area contributed by atoms with Crippen LogP contribution in [-0.2, 0) is 11.0 Å². The second kappa shape index (κ2) is 4.77. The van der Waals surface area contributed by atoms with E-state index in [1.807, 2.05) is 6.07 Å². The van der Waals surface area contributed by atoms with Gasteiger partial charge in [-0.2, -0.15) is 0 Å². The topological polar surface area (TPSA) is 38.0 Å². The third-order valence-corrected chi connectivity index (χ3v) is 3.57. The number of benzene rings is 1. The number of rotatable bonds is 1. The van der Waals surface area contributed by atoms with Gasteiger partial charge in [-0.3, -0.25) is 0 Å². The minimum Gasteiger partial charge on any atom is -0.319 e. The van der Waals surface area contributed by atoms with Gasteiger partial charge in [0.25, 0.3) is 0 Å². The Balaban J connectivity index is 0.00000144. The maximum absolute atomic E-state index is 6.32. The van der Waals surface area contributed by atoms with E-state index in [9.17, 15) is 0 Å². The summed E-state index contributed by atoms with van der Waals surface area (Å²) in [6.07, 6.45) is 0. The van der Waals surface area contributed by atoms with Crippen molar-refractivity contribution >= 4 is 24.0 Å². The van der Waals surface area contributed by atoms with Gasteiger partial charge >= 0.3 is 0 Å². The fraction of sp³-hybridized carbons (Fsp3) is 0.538. The molecule has 1 saturated heterocycles. The summed E-state index contributed by atoms with van der Waals surface area (Å²) in [6, 6.07) is 6.25. The quantitative estimate of drug-likeness (QED) is 0.827. The van der Waals surface area contributed by atoms with Crippen LogP contribution in [0.3, 0.4) is 0 Å². The first-order valence-corrected chi connectivity index (χ1v) is 6.01. The van der Waals surface area contributed by atoms with Gasteiger partial charge in [0.2, 0.25) is 0 Å². The van der Waals surface area contributed by atoms with Crippen LogP contribution in [-0.4, -0.2) is 13.1 Å². The Labute approximate surface area is 114 Å². The van der Waals surface area contributed by atoms with Gasteiger partial charge in [-0.1, -0.05) is 44.5 Å². The molecule has 4 heteroatoms. The predicted molar refractivity (Wildman–Crippen MR) is 76.1 cm³/mol. The van der Waals surface area contributed by atoms with Crippen LogP contribution in [0.5, 0.6) is 0 Å². The van der Waals surface area contributed by atoms with Crippen molar-refractivity contribution in [3.05, 3.63) is 34.3 Å². The second-order valence-electron chi connectivity index (χ2n) is 5.70. The van der Waals surface area contributed by atoms with E-state index < -0.39 is 0 Å². The standard InChI is InChI=1S/C13H19ClN2.ClH/c1-12(2,3)9-4-5-10(11(14)6-9)13(15)7-16-8-13;/h4-6,16H,7-8,15H2,1-3H3;1H. The fourth-order valence-corrected chi connectivity index (χ4v) is 2.34. The molecule has 1 aromatic rings. The number of halogens is 2. The molecule has 2 nitrogen and oxygen atoms in total. The Morgan fingerprint density at radius 2 is 1.88 bits per heavy atom. The Bertz CT molecular complexity index is 406. The van der Waals surface area contributed by atoms with Crippen molar-refractivity contribution in [1.82, 2.24) is 5.32 Å². The molecule has 17 heavy (non-hydrogen) atoms. The van der Waals surface area contributed by atoms with Gasteiger partial charge < -0.3 is 11.1 Å². The van der Waals surface area contributed by atoms with Crippen molar-refractivity contribution < 1.29 is 0 Å². The van der Waals surface area contributed by atoms with Gasteiger partial charge in [-0.15, -0.1) is 12.4 Å². The molecule has 1 aliphatic rings. The van der Waals surface area contributed by atoms with Gasteiger partial charge in [0.05, 0.1) is 5.54 Å². The van der Waals surface area contributed by atoms with Gasteiger partial charge in [0, 0.05) is 18.1 Å². The molecule has 96 valence electrons. The highest BCUT2D eigenvalue weighted by atomic mass is 35.5. The Kier molecular flexibility index (Phi) is 4.15. The molecule has 2 rings (SSSR count). The van der Waals surface area contributed by atoms with Crippen molar-refractivity contribution in [2.45, 2.75) is 31.7 Å². The monoisotopic (exact) mass is 274 g/mol. The maximum atomic E-state index is 6.32. The molecule has 1 aromatic carbocycles. The van der Waals surface area contributed by atoms with Gasteiger partial charge in [-0.25, -0.2) is 0 Å². The lowest BCUT2D eigenvalue weighted by Crippen LogP contribution is -2.62. The van der Waals surface area contributed by atoms with E-state index in [2.05, 4.69) is 38.2 Å². The first-order valence-electron chi connectivity index (χ1n) is 5.63. The number of nitrogens with two attached hydrogens (primary N) is 1. The first kappa shape index (κ1) is 14.8. The van der Waals surface area contributed by atoms with E-state index in [0.29, 0.717) is 0 Å². The summed E-state index contributed by atoms with van der Waals surface area (Å²) in [4.78, 5) is 0. The molecule has 1 fully saturated rings. The van der Waals surface area contributed by atoms with Gasteiger partial charge in [-0.05, 0) is 22.6 Å². The van der Waals surface area contributed by atoms with Crippen LogP contribution in [0.4, 0.5) is 0 Å². The minimum atomic E-state index is -0.270. The van der Waals surface area contributed by atoms with Crippen molar-refractivity contribution in [1.29, 1.82) is 0 Å². The van der Waals surface area contributed by atoms with Crippen LogP contribution in [0.15, 0.2) is 18.2 Å². The molecule has 0 aliphatic carbocycles. The summed E-state index contributed by atoms with van der Waals surface area (Å²) in [5.74, 6) is 0. The molecule has 1 heterocycles. The van der Waals surface area contributed by atoms with Crippen molar-refractivity contribution in [3.8, 4) is 0 Å². The molecule has 0 aromatic heterocycles. The third kappa shape index (κ3) is 2.76. The molecule has 0 unspecified atom stereocenters. The van der Waals surface area contributed by atoms with E-state index in [1.165, 1.54) is 5.56 Å². The molecule has 0 saturated carbocycles. The van der Waals surface area contributed by atoms with E-state index in [4.69, 9.17) is 17.3 Å². The average molecular weight is 275 g/mol. The lowest BCUT2D eigenvalue weighted by molar-refractivity contribution is 0.287. The molecule has 0 amide bonds. The molecule has 0 atom stereocenters. The summed E-state index contributed by atoms with van der Waals surface area (Å²) in [5, 5.41) is 3.98. The SMILES string of the molecule is CC(C)(C)c1ccc(C2(N)CNC2)c(Cl)c1.Cl. The molecule has 3 N–H and O–H groups in total. The van der Waals surface area contributed by atoms with Crippen LogP contribution in [0.1, 0.15) is 31.9 Å². The zero-order valence-electron chi connectivity index (χ0n) is 10.5. The Morgan fingerprint density at radius 1 is 1.29 bits per heavy atom. The van der Waals surface area contributed by atoms with E-state index >= 15 is 0 Å². The lowest BCUT2D eigenvalue weighted by Gasteiger charge is -2.40. The highest BCUT2D eigenvalue weighted by molar-refractivity contribution is 6.31. The van der Waals surface area contributed by atoms with Crippen LogP contribution in [0.2, 0.25) is 5.02 Å². The maximum Gasteiger partial charge on any atom is 0.0676 e. The smallest absolute Gasteiger partial charge is 0.0676 e. The van der Waals surface area contributed by atoms with Crippen LogP contribution in [0.25, 0.3) is 0 Å². The molecular weight excluding hydrogens is 255 g/mol. The normalized spacial score (nSPS) is 18.2. The molecule has 0 radical (unpaired) electrons. The summed E-state index contributed by atoms with van der Waals surface area (Å²) in [5.41, 5.74) is 8.40. The summed E-state index contributed by atoms with van der Waals surface area (Å²) in [7, 11) is 0. The van der Waals surface area contributed by atoms with Crippen LogP contribution < -0.4 is 11.1 Å². The zero-order valence-corrected chi connectivity index (χ0v) is 12.1. The molecule has 0 spiro atoms. The van der Waals surface area contributed by atoms with Gasteiger partial charge in [0.1, 0.15) is 0 Å². The predicted octanol–water partition coefficient (Wildman–Crippen LogP) is 2.82. The zero-order chi connectivity index (χ0) is 12.0. The van der Waals surface area contributed by atoms with E-state index in [0.717, 1.165) is 23.7 Å². The van der Waals surface area contributed by atoms with Crippen LogP contribution >= 0.6 is 24.0 Å². The highest BCUT2D eigenvalue weighted by Gasteiger charge is 2.36. The van der Waals surface area contributed by atoms with Gasteiger partial charge in [0.15, 0.2) is 0 Å². The second-order valence-corrected chi connectivity index (χ2v) is 6.11. The van der Waals surface area contributed by atoms with Crippen molar-refractivity contribution in [2.75, 3.05) is 13.1 Å².